The highest BCUT2D eigenvalue weighted by molar-refractivity contribution is 6.51. The van der Waals surface area contributed by atoms with Gasteiger partial charge in [-0.2, -0.15) is 0 Å². The van der Waals surface area contributed by atoms with Crippen LogP contribution in [0.5, 0.6) is 0 Å². The normalized spacial score (nSPS) is 27.9. The average Bonchev–Trinajstić information content (AvgIpc) is 3.15. The van der Waals surface area contributed by atoms with Crippen molar-refractivity contribution in [1.29, 1.82) is 0 Å². The van der Waals surface area contributed by atoms with E-state index in [9.17, 15) is 24.0 Å². The van der Waals surface area contributed by atoms with E-state index in [-0.39, 0.29) is 30.2 Å². The summed E-state index contributed by atoms with van der Waals surface area (Å²) in [7, 11) is 0. The summed E-state index contributed by atoms with van der Waals surface area (Å²) in [6.45, 7) is 6.98. The Balaban J connectivity index is 1.55. The number of piperidine rings is 1. The second kappa shape index (κ2) is 11.6. The lowest BCUT2D eigenvalue weighted by Gasteiger charge is -2.37. The van der Waals surface area contributed by atoms with Gasteiger partial charge in [0.25, 0.3) is 0 Å². The van der Waals surface area contributed by atoms with Gasteiger partial charge in [0, 0.05) is 30.8 Å². The number of ketones is 2. The van der Waals surface area contributed by atoms with Gasteiger partial charge in [0.15, 0.2) is 5.78 Å². The van der Waals surface area contributed by atoms with Crippen molar-refractivity contribution in [3.05, 3.63) is 0 Å². The van der Waals surface area contributed by atoms with Gasteiger partial charge in [-0.05, 0) is 51.9 Å². The molecule has 4 aliphatic rings. The summed E-state index contributed by atoms with van der Waals surface area (Å²) in [6, 6.07) is -3.17. The van der Waals surface area contributed by atoms with Gasteiger partial charge in [0.1, 0.15) is 16.4 Å². The quantitative estimate of drug-likeness (QED) is 0.282. The van der Waals surface area contributed by atoms with Crippen LogP contribution in [0.1, 0.15) is 85.5 Å². The van der Waals surface area contributed by atoms with Gasteiger partial charge in [-0.3, -0.25) is 19.2 Å². The molecule has 3 N–H and O–H groups in total. The van der Waals surface area contributed by atoms with Crippen LogP contribution in [-0.2, 0) is 19.2 Å². The predicted octanol–water partition coefficient (Wildman–Crippen LogP) is 3.50. The number of carbonyl (C=O) groups is 5. The molecule has 5 atom stereocenters. The predicted molar refractivity (Wildman–Crippen MR) is 148 cm³/mol. The number of likely N-dealkylation sites (tertiary alicyclic amines) is 1. The Morgan fingerprint density at radius 3 is 2.13 bits per heavy atom. The van der Waals surface area contributed by atoms with Gasteiger partial charge < -0.3 is 20.9 Å². The van der Waals surface area contributed by atoms with E-state index in [0.29, 0.717) is 6.42 Å². The largest absolute Gasteiger partial charge is 0.344 e. The maximum atomic E-state index is 14.1. The Hall–Kier alpha value is -1.87. The number of hydrogen-bond acceptors (Lipinski definition) is 5. The van der Waals surface area contributed by atoms with Crippen molar-refractivity contribution in [1.82, 2.24) is 20.9 Å². The van der Waals surface area contributed by atoms with Crippen molar-refractivity contribution in [3.63, 3.8) is 0 Å². The maximum absolute atomic E-state index is 14.1. The van der Waals surface area contributed by atoms with E-state index < -0.39 is 57.4 Å². The molecule has 0 aromatic heterocycles. The molecule has 4 amide bonds. The number of alkyl halides is 2. The van der Waals surface area contributed by atoms with E-state index >= 15 is 0 Å². The molecule has 1 unspecified atom stereocenters. The first-order valence-electron chi connectivity index (χ1n) is 14.3. The molecule has 1 saturated heterocycles. The van der Waals surface area contributed by atoms with E-state index in [1.165, 1.54) is 11.8 Å². The number of urea groups is 1. The molecule has 9 nitrogen and oxygen atoms in total. The highest BCUT2D eigenvalue weighted by Crippen LogP contribution is 2.65. The second-order valence-electron chi connectivity index (χ2n) is 13.0. The highest BCUT2D eigenvalue weighted by Gasteiger charge is 2.74. The number of carbonyl (C=O) groups excluding carboxylic acids is 5. The average molecular weight is 586 g/mol. The molecule has 0 aromatic carbocycles. The number of hydrogen-bond donors (Lipinski definition) is 3. The van der Waals surface area contributed by atoms with Gasteiger partial charge in [0.05, 0.1) is 6.04 Å². The first-order chi connectivity index (χ1) is 18.2. The summed E-state index contributed by atoms with van der Waals surface area (Å²) >= 11 is 13.0. The van der Waals surface area contributed by atoms with Crippen LogP contribution < -0.4 is 16.0 Å². The molecule has 0 aromatic rings. The van der Waals surface area contributed by atoms with E-state index in [1.807, 2.05) is 20.8 Å². The van der Waals surface area contributed by atoms with Gasteiger partial charge in [-0.15, -0.1) is 23.2 Å². The molecular weight excluding hydrogens is 543 g/mol. The fourth-order valence-corrected chi connectivity index (χ4v) is 7.30. The zero-order valence-corrected chi connectivity index (χ0v) is 24.9. The fraction of sp³-hybridized carbons (Fsp3) is 0.821. The summed E-state index contributed by atoms with van der Waals surface area (Å²) in [6.07, 6.45) is 7.98. The first kappa shape index (κ1) is 30.1. The monoisotopic (exact) mass is 584 g/mol. The SMILES string of the molecule is CC(=O)C(=O)C(CC1CCC1)NC(=O)[C@@H]1[C@@H]2[C@H](CN1C(=O)[C@@H](NC(=O)NC(C)(C)C)C1CCCCC1)C2(Cl)Cl. The topological polar surface area (TPSA) is 125 Å². The number of fused-ring (bicyclic) bond motifs is 1. The Labute approximate surface area is 240 Å². The Bertz CT molecular complexity index is 1000. The van der Waals surface area contributed by atoms with Crippen LogP contribution in [0.15, 0.2) is 0 Å². The zero-order chi connectivity index (χ0) is 28.7. The fourth-order valence-electron chi connectivity index (χ4n) is 6.47. The van der Waals surface area contributed by atoms with Crippen LogP contribution >= 0.6 is 23.2 Å². The standard InChI is InChI=1S/C28H42Cl2N4O5/c1-15(35)23(36)19(13-16-9-8-10-16)31-24(37)22-20-18(28(20,29)30)14-34(22)25(38)21(17-11-6-5-7-12-17)32-26(39)33-27(2,3)4/h16-22H,5-14H2,1-4H3,(H,31,37)(H2,32,33,39)/t18-,19?,20-,21-,22-/m0/s1. The summed E-state index contributed by atoms with van der Waals surface area (Å²) < 4.78 is -1.15. The smallest absolute Gasteiger partial charge is 0.315 e. The van der Waals surface area contributed by atoms with Gasteiger partial charge in [-0.25, -0.2) is 4.79 Å². The molecule has 3 aliphatic carbocycles. The molecule has 4 fully saturated rings. The number of amides is 4. The van der Waals surface area contributed by atoms with E-state index in [2.05, 4.69) is 16.0 Å². The minimum atomic E-state index is -1.15. The Morgan fingerprint density at radius 1 is 0.949 bits per heavy atom. The molecule has 11 heteroatoms. The third kappa shape index (κ3) is 6.72. The van der Waals surface area contributed by atoms with Crippen molar-refractivity contribution < 1.29 is 24.0 Å². The molecule has 0 bridgehead atoms. The van der Waals surface area contributed by atoms with Crippen molar-refractivity contribution >= 4 is 52.6 Å². The van der Waals surface area contributed by atoms with Gasteiger partial charge in [-0.1, -0.05) is 38.5 Å². The van der Waals surface area contributed by atoms with Crippen LogP contribution in [0.25, 0.3) is 0 Å². The lowest BCUT2D eigenvalue weighted by Crippen LogP contribution is -2.61. The number of rotatable bonds is 9. The van der Waals surface area contributed by atoms with Gasteiger partial charge in [0.2, 0.25) is 17.6 Å². The van der Waals surface area contributed by atoms with E-state index in [4.69, 9.17) is 23.2 Å². The van der Waals surface area contributed by atoms with Crippen LogP contribution in [0.2, 0.25) is 0 Å². The molecule has 0 radical (unpaired) electrons. The number of nitrogens with zero attached hydrogens (tertiary/aromatic N) is 1. The van der Waals surface area contributed by atoms with Crippen molar-refractivity contribution in [2.75, 3.05) is 6.54 Å². The highest BCUT2D eigenvalue weighted by atomic mass is 35.5. The lowest BCUT2D eigenvalue weighted by molar-refractivity contribution is -0.144. The number of halogens is 2. The number of Topliss-reactive ketones (excluding diaryl/α,β-unsaturated/α-hetero) is 2. The minimum Gasteiger partial charge on any atom is -0.344 e. The Kier molecular flexibility index (Phi) is 8.91. The van der Waals surface area contributed by atoms with Crippen molar-refractivity contribution in [2.45, 2.75) is 113 Å². The molecule has 0 spiro atoms. The van der Waals surface area contributed by atoms with Crippen molar-refractivity contribution in [3.8, 4) is 0 Å². The summed E-state index contributed by atoms with van der Waals surface area (Å²) in [5, 5.41) is 8.56. The molecule has 39 heavy (non-hydrogen) atoms. The van der Waals surface area contributed by atoms with Crippen molar-refractivity contribution in [2.24, 2.45) is 23.7 Å². The van der Waals surface area contributed by atoms with Crippen LogP contribution in [0.3, 0.4) is 0 Å². The first-order valence-corrected chi connectivity index (χ1v) is 15.1. The van der Waals surface area contributed by atoms with Crippen LogP contribution in [0.4, 0.5) is 4.79 Å². The maximum Gasteiger partial charge on any atom is 0.315 e. The molecule has 4 rings (SSSR count). The van der Waals surface area contributed by atoms with Crippen LogP contribution in [-0.4, -0.2) is 68.9 Å². The summed E-state index contributed by atoms with van der Waals surface area (Å²) in [5.74, 6) is -2.67. The number of nitrogens with one attached hydrogen (secondary N) is 3. The second-order valence-corrected chi connectivity index (χ2v) is 14.4. The molecule has 1 heterocycles. The minimum absolute atomic E-state index is 0.0555. The van der Waals surface area contributed by atoms with E-state index in [0.717, 1.165) is 51.4 Å². The Morgan fingerprint density at radius 2 is 1.59 bits per heavy atom. The molecule has 218 valence electrons. The molecular formula is C28H42Cl2N4O5. The zero-order valence-electron chi connectivity index (χ0n) is 23.4. The van der Waals surface area contributed by atoms with E-state index in [1.54, 1.807) is 0 Å². The third-order valence-electron chi connectivity index (χ3n) is 8.82. The lowest BCUT2D eigenvalue weighted by atomic mass is 9.80. The van der Waals surface area contributed by atoms with Gasteiger partial charge >= 0.3 is 6.03 Å². The summed E-state index contributed by atoms with van der Waals surface area (Å²) in [4.78, 5) is 66.8. The third-order valence-corrected chi connectivity index (χ3v) is 9.88. The molecule has 3 saturated carbocycles. The summed E-state index contributed by atoms with van der Waals surface area (Å²) in [5.41, 5.74) is -0.489. The van der Waals surface area contributed by atoms with Crippen LogP contribution in [0, 0.1) is 23.7 Å². The molecule has 1 aliphatic heterocycles.